The predicted molar refractivity (Wildman–Crippen MR) is 56.5 cm³/mol. The summed E-state index contributed by atoms with van der Waals surface area (Å²) in [5, 5.41) is 27.6. The van der Waals surface area contributed by atoms with Crippen LogP contribution in [0.2, 0.25) is 0 Å². The van der Waals surface area contributed by atoms with Gasteiger partial charge in [0.05, 0.1) is 11.5 Å². The van der Waals surface area contributed by atoms with Gasteiger partial charge in [0.1, 0.15) is 17.8 Å². The van der Waals surface area contributed by atoms with Crippen LogP contribution in [0.4, 0.5) is 5.69 Å². The van der Waals surface area contributed by atoms with Crippen LogP contribution in [-0.2, 0) is 0 Å². The Labute approximate surface area is 91.6 Å². The summed E-state index contributed by atoms with van der Waals surface area (Å²) in [4.78, 5) is 9.85. The van der Waals surface area contributed by atoms with Gasteiger partial charge in [0, 0.05) is 18.6 Å². The lowest BCUT2D eigenvalue weighted by Gasteiger charge is -2.04. The third kappa shape index (κ3) is 3.49. The molecule has 0 bridgehead atoms. The molecule has 0 unspecified atom stereocenters. The second-order valence-corrected chi connectivity index (χ2v) is 2.97. The van der Waals surface area contributed by atoms with Gasteiger partial charge in [0.15, 0.2) is 0 Å². The Morgan fingerprint density at radius 3 is 2.56 bits per heavy atom. The molecule has 0 fully saturated rings. The smallest absolute Gasteiger partial charge is 0.269 e. The molecule has 86 valence electrons. The van der Waals surface area contributed by atoms with Crippen LogP contribution in [0.25, 0.3) is 0 Å². The van der Waals surface area contributed by atoms with E-state index in [9.17, 15) is 10.1 Å². The maximum atomic E-state index is 10.4. The standard InChI is InChI=1S/C10H11NO5/c12-7-9(13)5-6-16-10-3-1-8(2-4-10)11(14)15/h1-4,7,12-13H,5-6H2. The molecule has 0 amide bonds. The fourth-order valence-corrected chi connectivity index (χ4v) is 1.00. The summed E-state index contributed by atoms with van der Waals surface area (Å²) in [5.41, 5.74) is -0.00884. The van der Waals surface area contributed by atoms with Gasteiger partial charge < -0.3 is 14.9 Å². The summed E-state index contributed by atoms with van der Waals surface area (Å²) in [6.45, 7) is 0.181. The van der Waals surface area contributed by atoms with Gasteiger partial charge in [-0.1, -0.05) is 0 Å². The first kappa shape index (κ1) is 11.8. The molecule has 0 saturated carbocycles. The lowest BCUT2D eigenvalue weighted by atomic mass is 10.3. The van der Waals surface area contributed by atoms with Crippen molar-refractivity contribution in [3.63, 3.8) is 0 Å². The molecule has 6 heteroatoms. The molecule has 0 aliphatic carbocycles. The molecule has 0 aliphatic rings. The second kappa shape index (κ2) is 5.59. The number of nitro benzene ring substituents is 1. The van der Waals surface area contributed by atoms with E-state index >= 15 is 0 Å². The van der Waals surface area contributed by atoms with Crippen molar-refractivity contribution < 1.29 is 19.9 Å². The summed E-state index contributed by atoms with van der Waals surface area (Å²) in [5.74, 6) is 0.290. The summed E-state index contributed by atoms with van der Waals surface area (Å²) in [6, 6.07) is 5.60. The minimum Gasteiger partial charge on any atom is -0.512 e. The summed E-state index contributed by atoms with van der Waals surface area (Å²) < 4.78 is 5.18. The first-order valence-corrected chi connectivity index (χ1v) is 4.53. The highest BCUT2D eigenvalue weighted by atomic mass is 16.6. The molecule has 1 aromatic carbocycles. The van der Waals surface area contributed by atoms with Gasteiger partial charge in [-0.25, -0.2) is 0 Å². The van der Waals surface area contributed by atoms with Crippen LogP contribution in [0, 0.1) is 10.1 Å². The quantitative estimate of drug-likeness (QED) is 0.455. The van der Waals surface area contributed by atoms with Crippen molar-refractivity contribution in [1.82, 2.24) is 0 Å². The Morgan fingerprint density at radius 2 is 2.06 bits per heavy atom. The number of nitrogens with zero attached hydrogens (tertiary/aromatic N) is 1. The number of ether oxygens (including phenoxy) is 1. The molecule has 0 aliphatic heterocycles. The topological polar surface area (TPSA) is 92.8 Å². The minimum absolute atomic E-state index is 0.00884. The van der Waals surface area contributed by atoms with Gasteiger partial charge in [-0.3, -0.25) is 10.1 Å². The van der Waals surface area contributed by atoms with Crippen LogP contribution in [0.15, 0.2) is 36.3 Å². The first-order chi connectivity index (χ1) is 7.63. The van der Waals surface area contributed by atoms with Crippen LogP contribution in [0.3, 0.4) is 0 Å². The Kier molecular flexibility index (Phi) is 4.14. The number of non-ortho nitro benzene ring substituents is 1. The molecule has 2 N–H and O–H groups in total. The average molecular weight is 225 g/mol. The van der Waals surface area contributed by atoms with E-state index in [-0.39, 0.29) is 24.5 Å². The number of aliphatic hydroxyl groups excluding tert-OH is 2. The minimum atomic E-state index is -0.496. The summed E-state index contributed by atoms with van der Waals surface area (Å²) >= 11 is 0. The second-order valence-electron chi connectivity index (χ2n) is 2.97. The molecule has 1 rings (SSSR count). The van der Waals surface area contributed by atoms with Gasteiger partial charge in [-0.05, 0) is 12.1 Å². The molecule has 6 nitrogen and oxygen atoms in total. The van der Waals surface area contributed by atoms with Crippen molar-refractivity contribution in [3.05, 3.63) is 46.4 Å². The van der Waals surface area contributed by atoms with Crippen LogP contribution < -0.4 is 4.74 Å². The largest absolute Gasteiger partial charge is 0.512 e. The van der Waals surface area contributed by atoms with Crippen molar-refractivity contribution in [1.29, 1.82) is 0 Å². The zero-order valence-corrected chi connectivity index (χ0v) is 8.37. The maximum absolute atomic E-state index is 10.4. The lowest BCUT2D eigenvalue weighted by Crippen LogP contribution is -1.99. The normalized spacial score (nSPS) is 11.1. The molecule has 0 saturated heterocycles. The molecule has 0 spiro atoms. The Balaban J connectivity index is 2.47. The highest BCUT2D eigenvalue weighted by molar-refractivity contribution is 5.35. The predicted octanol–water partition coefficient (Wildman–Crippen LogP) is 2.32. The Bertz CT molecular complexity index is 385. The highest BCUT2D eigenvalue weighted by Gasteiger charge is 2.04. The number of aliphatic hydroxyl groups is 2. The molecule has 1 aromatic rings. The third-order valence-corrected chi connectivity index (χ3v) is 1.82. The summed E-state index contributed by atoms with van der Waals surface area (Å²) in [6.07, 6.45) is 0.771. The fourth-order valence-electron chi connectivity index (χ4n) is 1.00. The number of hydrogen-bond acceptors (Lipinski definition) is 5. The maximum Gasteiger partial charge on any atom is 0.269 e. The number of benzene rings is 1. The van der Waals surface area contributed by atoms with Crippen LogP contribution in [0.5, 0.6) is 5.75 Å². The van der Waals surface area contributed by atoms with E-state index in [0.29, 0.717) is 12.0 Å². The number of nitro groups is 1. The van der Waals surface area contributed by atoms with E-state index < -0.39 is 4.92 Å². The van der Waals surface area contributed by atoms with Gasteiger partial charge >= 0.3 is 0 Å². The summed E-state index contributed by atoms with van der Waals surface area (Å²) in [7, 11) is 0. The van der Waals surface area contributed by atoms with Crippen LogP contribution >= 0.6 is 0 Å². The zero-order valence-electron chi connectivity index (χ0n) is 8.37. The Morgan fingerprint density at radius 1 is 1.44 bits per heavy atom. The van der Waals surface area contributed by atoms with E-state index in [1.54, 1.807) is 0 Å². The van der Waals surface area contributed by atoms with Crippen molar-refractivity contribution in [2.45, 2.75) is 6.42 Å². The third-order valence-electron chi connectivity index (χ3n) is 1.82. The monoisotopic (exact) mass is 225 g/mol. The van der Waals surface area contributed by atoms with Gasteiger partial charge in [-0.15, -0.1) is 0 Å². The highest BCUT2D eigenvalue weighted by Crippen LogP contribution is 2.17. The molecule has 16 heavy (non-hydrogen) atoms. The van der Waals surface area contributed by atoms with E-state index in [4.69, 9.17) is 14.9 Å². The molecule has 0 heterocycles. The van der Waals surface area contributed by atoms with E-state index in [1.807, 2.05) is 0 Å². The lowest BCUT2D eigenvalue weighted by molar-refractivity contribution is -0.384. The molecule has 0 atom stereocenters. The van der Waals surface area contributed by atoms with Gasteiger partial charge in [0.2, 0.25) is 0 Å². The SMILES string of the molecule is O=[N+]([O-])c1ccc(OCCC(O)=CO)cc1. The fraction of sp³-hybridized carbons (Fsp3) is 0.200. The number of rotatable bonds is 5. The zero-order chi connectivity index (χ0) is 12.0. The van der Waals surface area contributed by atoms with Crippen molar-refractivity contribution in [2.75, 3.05) is 6.61 Å². The average Bonchev–Trinajstić information content (AvgIpc) is 2.29. The molecular weight excluding hydrogens is 214 g/mol. The van der Waals surface area contributed by atoms with Crippen molar-refractivity contribution in [2.24, 2.45) is 0 Å². The molecule has 0 radical (unpaired) electrons. The van der Waals surface area contributed by atoms with Gasteiger partial charge in [-0.2, -0.15) is 0 Å². The van der Waals surface area contributed by atoms with Crippen molar-refractivity contribution in [3.8, 4) is 5.75 Å². The van der Waals surface area contributed by atoms with Crippen LogP contribution in [-0.4, -0.2) is 21.7 Å². The van der Waals surface area contributed by atoms with E-state index in [0.717, 1.165) is 0 Å². The molecular formula is C10H11NO5. The van der Waals surface area contributed by atoms with Gasteiger partial charge in [0.25, 0.3) is 5.69 Å². The Hall–Kier alpha value is -2.24. The van der Waals surface area contributed by atoms with Crippen LogP contribution in [0.1, 0.15) is 6.42 Å². The van der Waals surface area contributed by atoms with E-state index in [2.05, 4.69) is 0 Å². The van der Waals surface area contributed by atoms with E-state index in [1.165, 1.54) is 24.3 Å². The first-order valence-electron chi connectivity index (χ1n) is 4.53. The molecule has 0 aromatic heterocycles. The number of hydrogen-bond donors (Lipinski definition) is 2. The van der Waals surface area contributed by atoms with Crippen molar-refractivity contribution >= 4 is 5.69 Å².